The zero-order valence-electron chi connectivity index (χ0n) is 15.9. The minimum atomic E-state index is -0.500. The summed E-state index contributed by atoms with van der Waals surface area (Å²) < 4.78 is 11.3. The van der Waals surface area contributed by atoms with Crippen molar-refractivity contribution in [2.24, 2.45) is 5.41 Å². The highest BCUT2D eigenvalue weighted by molar-refractivity contribution is 6.32. The van der Waals surface area contributed by atoms with Gasteiger partial charge in [-0.25, -0.2) is 9.78 Å². The van der Waals surface area contributed by atoms with E-state index in [0.717, 1.165) is 24.0 Å². The van der Waals surface area contributed by atoms with E-state index < -0.39 is 11.7 Å². The Balaban J connectivity index is 1.58. The molecule has 0 spiro atoms. The van der Waals surface area contributed by atoms with Gasteiger partial charge in [0.2, 0.25) is 0 Å². The van der Waals surface area contributed by atoms with E-state index in [1.54, 1.807) is 6.20 Å². The molecule has 0 radical (unpaired) electrons. The molecule has 1 aromatic heterocycles. The van der Waals surface area contributed by atoms with E-state index in [-0.39, 0.29) is 5.41 Å². The number of pyridine rings is 1. The van der Waals surface area contributed by atoms with Gasteiger partial charge in [-0.3, -0.25) is 0 Å². The van der Waals surface area contributed by atoms with Crippen LogP contribution in [0.1, 0.15) is 33.6 Å². The average molecular weight is 389 g/mol. The van der Waals surface area contributed by atoms with Crippen molar-refractivity contribution in [1.29, 1.82) is 0 Å². The number of halogens is 1. The molecule has 0 atom stereocenters. The molecular weight excluding hydrogens is 364 g/mol. The quantitative estimate of drug-likeness (QED) is 0.700. The summed E-state index contributed by atoms with van der Waals surface area (Å²) in [5, 5.41) is 3.29. The summed E-state index contributed by atoms with van der Waals surface area (Å²) in [6.45, 7) is 6.59. The first kappa shape index (κ1) is 19.5. The number of rotatable bonds is 6. The number of carbonyl (C=O) groups is 1. The Morgan fingerprint density at radius 3 is 2.59 bits per heavy atom. The fourth-order valence-electron chi connectivity index (χ4n) is 2.69. The van der Waals surface area contributed by atoms with Crippen molar-refractivity contribution in [2.75, 3.05) is 13.2 Å². The van der Waals surface area contributed by atoms with Gasteiger partial charge in [0, 0.05) is 17.5 Å². The molecule has 6 heteroatoms. The molecular formula is C21H25ClN2O3. The Morgan fingerprint density at radius 1 is 1.26 bits per heavy atom. The smallest absolute Gasteiger partial charge is 0.407 e. The summed E-state index contributed by atoms with van der Waals surface area (Å²) in [7, 11) is 0. The van der Waals surface area contributed by atoms with Gasteiger partial charge in [0.05, 0.1) is 12.8 Å². The van der Waals surface area contributed by atoms with Crippen LogP contribution in [0.4, 0.5) is 4.79 Å². The van der Waals surface area contributed by atoms with Gasteiger partial charge in [-0.1, -0.05) is 41.9 Å². The van der Waals surface area contributed by atoms with Crippen molar-refractivity contribution >= 4 is 17.7 Å². The van der Waals surface area contributed by atoms with E-state index >= 15 is 0 Å². The number of alkyl carbamates (subject to hydrolysis) is 1. The second-order valence-corrected chi connectivity index (χ2v) is 8.38. The van der Waals surface area contributed by atoms with Gasteiger partial charge in [0.25, 0.3) is 0 Å². The van der Waals surface area contributed by atoms with Crippen LogP contribution in [0.25, 0.3) is 11.1 Å². The van der Waals surface area contributed by atoms with E-state index in [9.17, 15) is 4.79 Å². The first-order valence-corrected chi connectivity index (χ1v) is 9.45. The molecule has 5 nitrogen and oxygen atoms in total. The Bertz CT molecular complexity index is 799. The number of ether oxygens (including phenoxy) is 2. The van der Waals surface area contributed by atoms with Crippen molar-refractivity contribution < 1.29 is 14.3 Å². The van der Waals surface area contributed by atoms with E-state index in [1.807, 2.05) is 57.2 Å². The van der Waals surface area contributed by atoms with Crippen LogP contribution in [0.3, 0.4) is 0 Å². The van der Waals surface area contributed by atoms with Gasteiger partial charge >= 0.3 is 6.09 Å². The fourth-order valence-corrected chi connectivity index (χ4v) is 2.90. The zero-order valence-corrected chi connectivity index (χ0v) is 16.7. The molecule has 1 fully saturated rings. The maximum Gasteiger partial charge on any atom is 0.407 e. The topological polar surface area (TPSA) is 60.5 Å². The molecule has 1 amide bonds. The van der Waals surface area contributed by atoms with Crippen LogP contribution in [0.2, 0.25) is 5.15 Å². The number of nitrogens with one attached hydrogen (secondary N) is 1. The summed E-state index contributed by atoms with van der Waals surface area (Å²) in [5.41, 5.74) is 1.29. The number of hydrogen-bond acceptors (Lipinski definition) is 4. The zero-order chi connectivity index (χ0) is 19.5. The molecule has 3 rings (SSSR count). The average Bonchev–Trinajstić information content (AvgIpc) is 3.39. The molecule has 1 aliphatic carbocycles. The predicted molar refractivity (Wildman–Crippen MR) is 106 cm³/mol. The fraction of sp³-hybridized carbons (Fsp3) is 0.429. The van der Waals surface area contributed by atoms with E-state index in [4.69, 9.17) is 21.1 Å². The minimum absolute atomic E-state index is 0.0382. The number of nitrogens with zero attached hydrogens (tertiary/aromatic N) is 1. The van der Waals surface area contributed by atoms with Crippen LogP contribution < -0.4 is 10.1 Å². The monoisotopic (exact) mass is 388 g/mol. The maximum atomic E-state index is 11.8. The normalized spacial score (nSPS) is 15.1. The SMILES string of the molecule is CC(C)(C)OC(=O)NCC1(COc2cnc(Cl)c(-c3ccccc3)c2)CC1. The molecule has 1 N–H and O–H groups in total. The maximum absolute atomic E-state index is 11.8. The number of benzene rings is 1. The third kappa shape index (κ3) is 5.60. The summed E-state index contributed by atoms with van der Waals surface area (Å²) >= 11 is 6.24. The molecule has 0 bridgehead atoms. The van der Waals surface area contributed by atoms with Crippen molar-refractivity contribution in [3.05, 3.63) is 47.7 Å². The molecule has 1 aliphatic rings. The van der Waals surface area contributed by atoms with Crippen LogP contribution >= 0.6 is 11.6 Å². The second-order valence-electron chi connectivity index (χ2n) is 8.02. The summed E-state index contributed by atoms with van der Waals surface area (Å²) in [6, 6.07) is 11.8. The number of hydrogen-bond donors (Lipinski definition) is 1. The third-order valence-corrected chi connectivity index (χ3v) is 4.71. The summed E-state index contributed by atoms with van der Waals surface area (Å²) in [4.78, 5) is 16.1. The highest BCUT2D eigenvalue weighted by Gasteiger charge is 2.44. The highest BCUT2D eigenvalue weighted by Crippen LogP contribution is 2.45. The first-order valence-electron chi connectivity index (χ1n) is 9.07. The molecule has 1 aromatic carbocycles. The van der Waals surface area contributed by atoms with Crippen molar-refractivity contribution in [3.63, 3.8) is 0 Å². The lowest BCUT2D eigenvalue weighted by Gasteiger charge is -2.22. The van der Waals surface area contributed by atoms with Gasteiger partial charge in [0.15, 0.2) is 0 Å². The van der Waals surface area contributed by atoms with Crippen LogP contribution in [0.15, 0.2) is 42.6 Å². The van der Waals surface area contributed by atoms with E-state index in [2.05, 4.69) is 10.3 Å². The van der Waals surface area contributed by atoms with Crippen molar-refractivity contribution in [2.45, 2.75) is 39.2 Å². The summed E-state index contributed by atoms with van der Waals surface area (Å²) in [5.74, 6) is 0.668. The standard InChI is InChI=1S/C21H25ClN2O3/c1-20(2,3)27-19(25)24-13-21(9-10-21)14-26-16-11-17(18(22)23-12-16)15-7-5-4-6-8-15/h4-8,11-12H,9-10,13-14H2,1-3H3,(H,24,25). The lowest BCUT2D eigenvalue weighted by molar-refractivity contribution is 0.0509. The van der Waals surface area contributed by atoms with Crippen molar-refractivity contribution in [1.82, 2.24) is 10.3 Å². The Hall–Kier alpha value is -2.27. The van der Waals surface area contributed by atoms with E-state index in [1.165, 1.54) is 0 Å². The minimum Gasteiger partial charge on any atom is -0.491 e. The molecule has 144 valence electrons. The molecule has 0 unspecified atom stereocenters. The molecule has 27 heavy (non-hydrogen) atoms. The lowest BCUT2D eigenvalue weighted by Crippen LogP contribution is -2.37. The van der Waals surface area contributed by atoms with Gasteiger partial charge in [0.1, 0.15) is 16.5 Å². The second kappa shape index (κ2) is 7.77. The molecule has 1 saturated carbocycles. The number of carbonyl (C=O) groups excluding carboxylic acids is 1. The van der Waals surface area contributed by atoms with Gasteiger partial charge in [-0.2, -0.15) is 0 Å². The van der Waals surface area contributed by atoms with Gasteiger partial charge < -0.3 is 14.8 Å². The van der Waals surface area contributed by atoms with Crippen LogP contribution in [-0.2, 0) is 4.74 Å². The molecule has 0 aliphatic heterocycles. The van der Waals surface area contributed by atoms with E-state index in [0.29, 0.717) is 24.1 Å². The Labute approximate surface area is 165 Å². The highest BCUT2D eigenvalue weighted by atomic mass is 35.5. The van der Waals surface area contributed by atoms with Crippen molar-refractivity contribution in [3.8, 4) is 16.9 Å². The number of aromatic nitrogens is 1. The predicted octanol–water partition coefficient (Wildman–Crippen LogP) is 5.09. The molecule has 0 saturated heterocycles. The lowest BCUT2D eigenvalue weighted by atomic mass is 10.1. The first-order chi connectivity index (χ1) is 12.8. The number of amides is 1. The van der Waals surface area contributed by atoms with Crippen LogP contribution in [-0.4, -0.2) is 29.8 Å². The summed E-state index contributed by atoms with van der Waals surface area (Å²) in [6.07, 6.45) is 3.25. The Morgan fingerprint density at radius 2 is 1.96 bits per heavy atom. The van der Waals surface area contributed by atoms with Crippen LogP contribution in [0, 0.1) is 5.41 Å². The largest absolute Gasteiger partial charge is 0.491 e. The molecule has 2 aromatic rings. The van der Waals surface area contributed by atoms with Gasteiger partial charge in [-0.05, 0) is 45.2 Å². The Kier molecular flexibility index (Phi) is 5.61. The van der Waals surface area contributed by atoms with Crippen LogP contribution in [0.5, 0.6) is 5.75 Å². The van der Waals surface area contributed by atoms with Gasteiger partial charge in [-0.15, -0.1) is 0 Å². The molecule has 1 heterocycles. The third-order valence-electron chi connectivity index (χ3n) is 4.41.